The number of hydrogen-bond donors (Lipinski definition) is 8. The van der Waals surface area contributed by atoms with Gasteiger partial charge in [-0.05, 0) is 93.3 Å². The van der Waals surface area contributed by atoms with Crippen LogP contribution in [0, 0.1) is 51.2 Å². The molecular weight excluding hydrogens is 744 g/mol. The van der Waals surface area contributed by atoms with E-state index >= 15 is 0 Å². The first kappa shape index (κ1) is 43.1. The molecular formula is C42H64O15. The number of esters is 2. The van der Waals surface area contributed by atoms with Gasteiger partial charge in [-0.25, -0.2) is 0 Å². The van der Waals surface area contributed by atoms with Crippen LogP contribution in [0.4, 0.5) is 0 Å². The largest absolute Gasteiger partial charge is 0.462 e. The average molecular weight is 809 g/mol. The first-order valence-electron chi connectivity index (χ1n) is 20.7. The minimum Gasteiger partial charge on any atom is -0.462 e. The summed E-state index contributed by atoms with van der Waals surface area (Å²) in [6.07, 6.45) is -13.5. The molecule has 3 heterocycles. The summed E-state index contributed by atoms with van der Waals surface area (Å²) in [6.45, 7) is 18.1. The summed E-state index contributed by atoms with van der Waals surface area (Å²) >= 11 is 0. The van der Waals surface area contributed by atoms with E-state index in [1.54, 1.807) is 0 Å². The van der Waals surface area contributed by atoms with Gasteiger partial charge in [-0.1, -0.05) is 45.1 Å². The maximum Gasteiger partial charge on any atom is 0.314 e. The van der Waals surface area contributed by atoms with Crippen molar-refractivity contribution in [3.05, 3.63) is 24.3 Å². The maximum atomic E-state index is 14.9. The van der Waals surface area contributed by atoms with E-state index in [9.17, 15) is 50.4 Å². The van der Waals surface area contributed by atoms with Crippen LogP contribution in [0.2, 0.25) is 0 Å². The van der Waals surface area contributed by atoms with Crippen LogP contribution in [0.5, 0.6) is 0 Å². The van der Waals surface area contributed by atoms with Crippen molar-refractivity contribution in [3.63, 3.8) is 0 Å². The molecule has 0 aromatic heterocycles. The summed E-state index contributed by atoms with van der Waals surface area (Å²) in [6, 6.07) is 0. The Hall–Kier alpha value is -2.02. The number of fused-ring (bicyclic) bond motifs is 4. The maximum absolute atomic E-state index is 14.9. The lowest BCUT2D eigenvalue weighted by Crippen LogP contribution is -2.69. The minimum atomic E-state index is -1.83. The highest BCUT2D eigenvalue weighted by Crippen LogP contribution is 2.77. The van der Waals surface area contributed by atoms with Crippen LogP contribution in [0.1, 0.15) is 86.0 Å². The van der Waals surface area contributed by atoms with Crippen LogP contribution in [0.15, 0.2) is 24.3 Å². The molecule has 3 saturated heterocycles. The lowest BCUT2D eigenvalue weighted by molar-refractivity contribution is -0.329. The Morgan fingerprint density at radius 1 is 0.789 bits per heavy atom. The Morgan fingerprint density at radius 2 is 1.42 bits per heavy atom. The highest BCUT2D eigenvalue weighted by Gasteiger charge is 2.75. The third-order valence-corrected chi connectivity index (χ3v) is 16.7. The molecule has 21 atom stereocenters. The molecule has 0 radical (unpaired) electrons. The van der Waals surface area contributed by atoms with Crippen LogP contribution >= 0.6 is 0 Å². The topological polar surface area (TPSA) is 242 Å². The lowest BCUT2D eigenvalue weighted by atomic mass is 9.33. The molecule has 4 saturated carbocycles. The molecule has 7 aliphatic rings. The van der Waals surface area contributed by atoms with Gasteiger partial charge in [0.05, 0.1) is 31.2 Å². The van der Waals surface area contributed by atoms with Gasteiger partial charge in [-0.15, -0.1) is 0 Å². The van der Waals surface area contributed by atoms with Crippen molar-refractivity contribution in [1.29, 1.82) is 0 Å². The second kappa shape index (κ2) is 15.2. The third-order valence-electron chi connectivity index (χ3n) is 16.7. The van der Waals surface area contributed by atoms with Gasteiger partial charge in [0.15, 0.2) is 6.29 Å². The van der Waals surface area contributed by atoms with E-state index in [2.05, 4.69) is 33.9 Å². The van der Waals surface area contributed by atoms with Crippen molar-refractivity contribution in [3.8, 4) is 0 Å². The second-order valence-electron chi connectivity index (χ2n) is 19.3. The van der Waals surface area contributed by atoms with Crippen molar-refractivity contribution >= 4 is 11.9 Å². The molecule has 0 unspecified atom stereocenters. The first-order valence-corrected chi connectivity index (χ1v) is 20.7. The molecule has 3 aliphatic heterocycles. The molecule has 0 spiro atoms. The minimum absolute atomic E-state index is 0.00254. The summed E-state index contributed by atoms with van der Waals surface area (Å²) in [7, 11) is 0. The van der Waals surface area contributed by atoms with Crippen LogP contribution < -0.4 is 0 Å². The van der Waals surface area contributed by atoms with Gasteiger partial charge in [0.2, 0.25) is 6.29 Å². The molecule has 8 N–H and O–H groups in total. The highest BCUT2D eigenvalue weighted by atomic mass is 16.7. The Balaban J connectivity index is 1.17. The molecule has 0 aromatic rings. The quantitative estimate of drug-likeness (QED) is 0.125. The number of allylic oxidation sites excluding steroid dienone is 2. The number of ether oxygens (including phenoxy) is 5. The standard InChI is InChI=1S/C42H64O15/c1-18(2)20-8-11-42(38(52)57-37-34(51)32(49)30(47)25(56-37)17-53-36-33(50)31(48)29(46)24(16-43)55-36)13-12-39(5)22(28(20)42)14-23-35-40(39,6)10-9-21(19(3)4)41(35,7)26(44)15-27(45)54-23/h20-26,28-37,43-44,46-51H,1,3,8-17H2,2,4-7H3/t20-,21+,22-,23+,24+,25+,26+,28+,29+,30+,31-,32-,33+,34+,35+,36+,37-,39+,40+,41-,42+/m0/s1. The average Bonchev–Trinajstić information content (AvgIpc) is 3.52. The summed E-state index contributed by atoms with van der Waals surface area (Å²) in [5.74, 6) is -1.68. The monoisotopic (exact) mass is 808 g/mol. The zero-order valence-corrected chi connectivity index (χ0v) is 33.7. The Labute approximate surface area is 334 Å². The van der Waals surface area contributed by atoms with E-state index in [0.29, 0.717) is 32.1 Å². The summed E-state index contributed by atoms with van der Waals surface area (Å²) in [4.78, 5) is 28.2. The van der Waals surface area contributed by atoms with E-state index < -0.39 is 110 Å². The van der Waals surface area contributed by atoms with Crippen molar-refractivity contribution in [1.82, 2.24) is 0 Å². The Bertz CT molecular complexity index is 1590. The van der Waals surface area contributed by atoms with E-state index in [1.165, 1.54) is 0 Å². The smallest absolute Gasteiger partial charge is 0.314 e. The van der Waals surface area contributed by atoms with Crippen molar-refractivity contribution < 1.29 is 74.1 Å². The van der Waals surface area contributed by atoms with E-state index in [1.807, 2.05) is 13.8 Å². The van der Waals surface area contributed by atoms with Gasteiger partial charge in [0.1, 0.15) is 54.9 Å². The number of aliphatic hydroxyl groups excluding tert-OH is 8. The molecule has 7 fully saturated rings. The fourth-order valence-electron chi connectivity index (χ4n) is 13.5. The van der Waals surface area contributed by atoms with Crippen LogP contribution in [-0.2, 0) is 33.3 Å². The van der Waals surface area contributed by atoms with E-state index in [-0.39, 0.29) is 46.8 Å². The predicted octanol–water partition coefficient (Wildman–Crippen LogP) is 0.854. The summed E-state index contributed by atoms with van der Waals surface area (Å²) in [5, 5.41) is 85.0. The van der Waals surface area contributed by atoms with Crippen LogP contribution in [0.3, 0.4) is 0 Å². The third kappa shape index (κ3) is 6.40. The number of rotatable bonds is 8. The SMILES string of the molecule is C=C(C)[C@H]1CC[C@]2(C)[C@H]3[C@@H](C[C@H]4[C@H]5[C@H](C(=C)C)CC[C@@]5(C(=O)O[C@@H]5O[C@H](CO[C@@H]6O[C@H](CO)[C@@H](O)[C@H](O)[C@H]6O)[C@@H](O)[C@H](O)[C@H]5O)CC[C@]42C)OC(=O)C[C@@H](O)[C@]13C. The molecule has 0 amide bonds. The predicted molar refractivity (Wildman–Crippen MR) is 199 cm³/mol. The van der Waals surface area contributed by atoms with Gasteiger partial charge < -0.3 is 64.5 Å². The Kier molecular flexibility index (Phi) is 11.5. The number of aliphatic hydroxyl groups is 8. The van der Waals surface area contributed by atoms with Crippen LogP contribution in [0.25, 0.3) is 0 Å². The molecule has 4 aliphatic carbocycles. The zero-order chi connectivity index (χ0) is 41.7. The van der Waals surface area contributed by atoms with E-state index in [0.717, 1.165) is 24.0 Å². The Morgan fingerprint density at radius 3 is 2.05 bits per heavy atom. The second-order valence-corrected chi connectivity index (χ2v) is 19.3. The number of carbonyl (C=O) groups is 2. The van der Waals surface area contributed by atoms with Gasteiger partial charge in [0, 0.05) is 11.3 Å². The lowest BCUT2D eigenvalue weighted by Gasteiger charge is -2.71. The summed E-state index contributed by atoms with van der Waals surface area (Å²) < 4.78 is 29.3. The number of hydrogen-bond acceptors (Lipinski definition) is 15. The van der Waals surface area contributed by atoms with Crippen molar-refractivity contribution in [2.24, 2.45) is 51.2 Å². The normalized spacial score (nSPS) is 53.4. The fraction of sp³-hybridized carbons (Fsp3) is 0.857. The highest BCUT2D eigenvalue weighted by molar-refractivity contribution is 5.78. The molecule has 322 valence electrons. The van der Waals surface area contributed by atoms with Crippen LogP contribution in [-0.4, -0.2) is 140 Å². The molecule has 0 bridgehead atoms. The van der Waals surface area contributed by atoms with Gasteiger partial charge in [-0.3, -0.25) is 9.59 Å². The molecule has 7 rings (SSSR count). The fourth-order valence-corrected chi connectivity index (χ4v) is 13.5. The first-order chi connectivity index (χ1) is 26.7. The van der Waals surface area contributed by atoms with E-state index in [4.69, 9.17) is 23.7 Å². The molecule has 15 nitrogen and oxygen atoms in total. The number of carbonyl (C=O) groups excluding carboxylic acids is 2. The van der Waals surface area contributed by atoms with Gasteiger partial charge >= 0.3 is 11.9 Å². The molecule has 0 aromatic carbocycles. The summed E-state index contributed by atoms with van der Waals surface area (Å²) in [5.41, 5.74) is -0.531. The van der Waals surface area contributed by atoms with Gasteiger partial charge in [-0.2, -0.15) is 0 Å². The zero-order valence-electron chi connectivity index (χ0n) is 33.7. The van der Waals surface area contributed by atoms with Gasteiger partial charge in [0.25, 0.3) is 0 Å². The van der Waals surface area contributed by atoms with Crippen molar-refractivity contribution in [2.75, 3.05) is 13.2 Å². The van der Waals surface area contributed by atoms with Crippen molar-refractivity contribution in [2.45, 2.75) is 160 Å². The molecule has 15 heteroatoms. The molecule has 57 heavy (non-hydrogen) atoms.